The van der Waals surface area contributed by atoms with Crippen LogP contribution >= 0.6 is 0 Å². The van der Waals surface area contributed by atoms with Crippen LogP contribution in [0, 0.1) is 11.7 Å². The monoisotopic (exact) mass is 396 g/mol. The van der Waals surface area contributed by atoms with E-state index in [-0.39, 0.29) is 17.6 Å². The van der Waals surface area contributed by atoms with Gasteiger partial charge < -0.3 is 10.2 Å². The zero-order valence-corrected chi connectivity index (χ0v) is 16.8. The first-order valence-electron chi connectivity index (χ1n) is 10.8. The summed E-state index contributed by atoms with van der Waals surface area (Å²) in [5.74, 6) is 0.576. The standard InChI is InChI=1S/C23H29FN4O/c24-20-11-9-17(10-12-20)19-14-25-23(26-15-19)28-13-5-6-18(16-28)22(29)27-21-7-3-1-2-4-8-21/h9-12,14-15,18,21H,1-8,13,16H2,(H,27,29)/t18-/m0/s1. The lowest BCUT2D eigenvalue weighted by atomic mass is 9.96. The summed E-state index contributed by atoms with van der Waals surface area (Å²) in [6.45, 7) is 1.53. The number of halogens is 1. The summed E-state index contributed by atoms with van der Waals surface area (Å²) in [4.78, 5) is 23.9. The van der Waals surface area contributed by atoms with Crippen LogP contribution in [-0.2, 0) is 4.79 Å². The molecule has 1 saturated heterocycles. The minimum absolute atomic E-state index is 0.00706. The van der Waals surface area contributed by atoms with Gasteiger partial charge in [0, 0.05) is 37.1 Å². The van der Waals surface area contributed by atoms with E-state index in [0.717, 1.165) is 43.4 Å². The average Bonchev–Trinajstić information content (AvgIpc) is 3.03. The SMILES string of the molecule is O=C(NC1CCCCCC1)[C@H]1CCCN(c2ncc(-c3ccc(F)cc3)cn2)C1. The number of anilines is 1. The van der Waals surface area contributed by atoms with Gasteiger partial charge >= 0.3 is 0 Å². The van der Waals surface area contributed by atoms with E-state index in [1.165, 1.54) is 37.8 Å². The molecular formula is C23H29FN4O. The van der Waals surface area contributed by atoms with Gasteiger partial charge in [-0.1, -0.05) is 37.8 Å². The van der Waals surface area contributed by atoms with E-state index < -0.39 is 0 Å². The molecule has 1 saturated carbocycles. The van der Waals surface area contributed by atoms with Crippen LogP contribution in [0.15, 0.2) is 36.7 Å². The van der Waals surface area contributed by atoms with Gasteiger partial charge in [0.1, 0.15) is 5.82 Å². The highest BCUT2D eigenvalue weighted by Crippen LogP contribution is 2.24. The van der Waals surface area contributed by atoms with Crippen molar-refractivity contribution in [2.75, 3.05) is 18.0 Å². The van der Waals surface area contributed by atoms with Crippen LogP contribution in [0.1, 0.15) is 51.4 Å². The third-order valence-corrected chi connectivity index (χ3v) is 6.09. The van der Waals surface area contributed by atoms with Crippen molar-refractivity contribution in [2.24, 2.45) is 5.92 Å². The van der Waals surface area contributed by atoms with Crippen LogP contribution in [0.25, 0.3) is 11.1 Å². The Hall–Kier alpha value is -2.50. The van der Waals surface area contributed by atoms with Crippen molar-refractivity contribution < 1.29 is 9.18 Å². The molecule has 1 aromatic carbocycles. The smallest absolute Gasteiger partial charge is 0.225 e. The molecule has 154 valence electrons. The molecule has 0 unspecified atom stereocenters. The van der Waals surface area contributed by atoms with Gasteiger partial charge in [-0.05, 0) is 43.4 Å². The van der Waals surface area contributed by atoms with E-state index in [2.05, 4.69) is 20.2 Å². The molecule has 1 atom stereocenters. The number of carbonyl (C=O) groups is 1. The van der Waals surface area contributed by atoms with Gasteiger partial charge in [0.05, 0.1) is 5.92 Å². The number of benzene rings is 1. The van der Waals surface area contributed by atoms with Crippen molar-refractivity contribution in [3.63, 3.8) is 0 Å². The van der Waals surface area contributed by atoms with Gasteiger partial charge in [0.25, 0.3) is 0 Å². The predicted octanol–water partition coefficient (Wildman–Crippen LogP) is 4.34. The minimum atomic E-state index is -0.257. The second-order valence-electron chi connectivity index (χ2n) is 8.26. The molecule has 4 rings (SSSR count). The summed E-state index contributed by atoms with van der Waals surface area (Å²) in [6, 6.07) is 6.66. The Morgan fingerprint density at radius 2 is 1.62 bits per heavy atom. The fourth-order valence-corrected chi connectivity index (χ4v) is 4.39. The molecule has 2 fully saturated rings. The largest absolute Gasteiger partial charge is 0.353 e. The Labute approximate surface area is 171 Å². The summed E-state index contributed by atoms with van der Waals surface area (Å²) < 4.78 is 13.1. The van der Waals surface area contributed by atoms with Crippen molar-refractivity contribution in [1.29, 1.82) is 0 Å². The van der Waals surface area contributed by atoms with E-state index in [0.29, 0.717) is 18.5 Å². The highest BCUT2D eigenvalue weighted by Gasteiger charge is 2.28. The quantitative estimate of drug-likeness (QED) is 0.781. The van der Waals surface area contributed by atoms with Crippen LogP contribution in [0.2, 0.25) is 0 Å². The summed E-state index contributed by atoms with van der Waals surface area (Å²) in [6.07, 6.45) is 12.6. The zero-order valence-electron chi connectivity index (χ0n) is 16.8. The van der Waals surface area contributed by atoms with E-state index in [9.17, 15) is 9.18 Å². The van der Waals surface area contributed by atoms with Gasteiger partial charge in [0.15, 0.2) is 0 Å². The van der Waals surface area contributed by atoms with Crippen molar-refractivity contribution in [2.45, 2.75) is 57.4 Å². The summed E-state index contributed by atoms with van der Waals surface area (Å²) in [5, 5.41) is 3.30. The number of nitrogens with one attached hydrogen (secondary N) is 1. The molecule has 5 nitrogen and oxygen atoms in total. The molecule has 1 N–H and O–H groups in total. The van der Waals surface area contributed by atoms with Crippen LogP contribution in [0.5, 0.6) is 0 Å². The lowest BCUT2D eigenvalue weighted by Crippen LogP contribution is -2.46. The molecular weight excluding hydrogens is 367 g/mol. The molecule has 2 heterocycles. The number of hydrogen-bond acceptors (Lipinski definition) is 4. The topological polar surface area (TPSA) is 58.1 Å². The Bertz CT molecular complexity index is 801. The zero-order chi connectivity index (χ0) is 20.1. The Morgan fingerprint density at radius 3 is 2.31 bits per heavy atom. The molecule has 0 radical (unpaired) electrons. The molecule has 1 aliphatic heterocycles. The molecule has 6 heteroatoms. The maximum absolute atomic E-state index is 13.1. The Morgan fingerprint density at radius 1 is 0.931 bits per heavy atom. The number of amides is 1. The Balaban J connectivity index is 1.37. The van der Waals surface area contributed by atoms with Crippen molar-refractivity contribution in [3.8, 4) is 11.1 Å². The second kappa shape index (κ2) is 9.33. The molecule has 29 heavy (non-hydrogen) atoms. The maximum Gasteiger partial charge on any atom is 0.225 e. The van der Waals surface area contributed by atoms with Gasteiger partial charge in [-0.25, -0.2) is 14.4 Å². The molecule has 0 spiro atoms. The molecule has 2 aliphatic rings. The van der Waals surface area contributed by atoms with E-state index in [1.54, 1.807) is 24.5 Å². The normalized spacial score (nSPS) is 20.9. The number of rotatable bonds is 4. The summed E-state index contributed by atoms with van der Waals surface area (Å²) in [5.41, 5.74) is 1.74. The summed E-state index contributed by atoms with van der Waals surface area (Å²) in [7, 11) is 0. The predicted molar refractivity (Wildman–Crippen MR) is 112 cm³/mol. The van der Waals surface area contributed by atoms with Crippen molar-refractivity contribution in [3.05, 3.63) is 42.5 Å². The number of carbonyl (C=O) groups excluding carboxylic acids is 1. The first kappa shape index (κ1) is 19.8. The fourth-order valence-electron chi connectivity index (χ4n) is 4.39. The number of nitrogens with zero attached hydrogens (tertiary/aromatic N) is 3. The maximum atomic E-state index is 13.1. The third kappa shape index (κ3) is 5.11. The third-order valence-electron chi connectivity index (χ3n) is 6.09. The summed E-state index contributed by atoms with van der Waals surface area (Å²) >= 11 is 0. The molecule has 1 amide bonds. The van der Waals surface area contributed by atoms with Crippen LogP contribution in [-0.4, -0.2) is 35.0 Å². The molecule has 1 aliphatic carbocycles. The van der Waals surface area contributed by atoms with Crippen molar-refractivity contribution in [1.82, 2.24) is 15.3 Å². The van der Waals surface area contributed by atoms with E-state index in [1.807, 2.05) is 0 Å². The highest BCUT2D eigenvalue weighted by molar-refractivity contribution is 5.79. The Kier molecular flexibility index (Phi) is 6.37. The molecule has 0 bridgehead atoms. The van der Waals surface area contributed by atoms with Gasteiger partial charge in [0.2, 0.25) is 11.9 Å². The van der Waals surface area contributed by atoms with E-state index >= 15 is 0 Å². The van der Waals surface area contributed by atoms with Gasteiger partial charge in [-0.15, -0.1) is 0 Å². The number of aromatic nitrogens is 2. The molecule has 2 aromatic rings. The van der Waals surface area contributed by atoms with Crippen molar-refractivity contribution >= 4 is 11.9 Å². The highest BCUT2D eigenvalue weighted by atomic mass is 19.1. The van der Waals surface area contributed by atoms with E-state index in [4.69, 9.17) is 0 Å². The lowest BCUT2D eigenvalue weighted by Gasteiger charge is -2.33. The first-order chi connectivity index (χ1) is 14.2. The van der Waals surface area contributed by atoms with Crippen LogP contribution in [0.3, 0.4) is 0 Å². The number of piperidine rings is 1. The lowest BCUT2D eigenvalue weighted by molar-refractivity contribution is -0.126. The average molecular weight is 397 g/mol. The molecule has 1 aromatic heterocycles. The van der Waals surface area contributed by atoms with Gasteiger partial charge in [-0.2, -0.15) is 0 Å². The van der Waals surface area contributed by atoms with Gasteiger partial charge in [-0.3, -0.25) is 4.79 Å². The fraction of sp³-hybridized carbons (Fsp3) is 0.522. The van der Waals surface area contributed by atoms with Crippen LogP contribution < -0.4 is 10.2 Å². The minimum Gasteiger partial charge on any atom is -0.353 e. The second-order valence-corrected chi connectivity index (χ2v) is 8.26. The van der Waals surface area contributed by atoms with Crippen LogP contribution in [0.4, 0.5) is 10.3 Å². The first-order valence-corrected chi connectivity index (χ1v) is 10.8. The number of hydrogen-bond donors (Lipinski definition) is 1.